The lowest BCUT2D eigenvalue weighted by molar-refractivity contribution is 0.428. The van der Waals surface area contributed by atoms with Crippen LogP contribution in [0.2, 0.25) is 0 Å². The average molecular weight is 339 g/mol. The summed E-state index contributed by atoms with van der Waals surface area (Å²) in [5.41, 5.74) is 10.9. The smallest absolute Gasteiger partial charge is 0.191 e. The number of aryl methyl sites for hydroxylation is 1. The first-order valence-electron chi connectivity index (χ1n) is 9.27. The van der Waals surface area contributed by atoms with Crippen molar-refractivity contribution >= 4 is 5.96 Å². The molecule has 0 saturated carbocycles. The van der Waals surface area contributed by atoms with E-state index in [0.717, 1.165) is 25.3 Å². The molecule has 2 heterocycles. The second-order valence-corrected chi connectivity index (χ2v) is 6.87. The van der Waals surface area contributed by atoms with E-state index in [2.05, 4.69) is 52.7 Å². The van der Waals surface area contributed by atoms with E-state index in [1.165, 1.54) is 42.5 Å². The number of guanidine groups is 1. The van der Waals surface area contributed by atoms with E-state index in [0.29, 0.717) is 12.5 Å². The van der Waals surface area contributed by atoms with Crippen LogP contribution in [-0.4, -0.2) is 33.7 Å². The molecule has 0 atom stereocenters. The highest BCUT2D eigenvalue weighted by molar-refractivity contribution is 5.78. The van der Waals surface area contributed by atoms with Crippen LogP contribution < -0.4 is 5.73 Å². The summed E-state index contributed by atoms with van der Waals surface area (Å²) in [5.74, 6) is 0.677. The van der Waals surface area contributed by atoms with Gasteiger partial charge in [0.25, 0.3) is 0 Å². The number of likely N-dealkylation sites (tertiary alicyclic amines) is 1. The van der Waals surface area contributed by atoms with Gasteiger partial charge in [-0.25, -0.2) is 4.99 Å². The van der Waals surface area contributed by atoms with Crippen LogP contribution in [-0.2, 0) is 13.1 Å². The quantitative estimate of drug-likeness (QED) is 0.687. The highest BCUT2D eigenvalue weighted by Gasteiger charge is 2.14. The van der Waals surface area contributed by atoms with Gasteiger partial charge in [-0.1, -0.05) is 43.2 Å². The minimum absolute atomic E-state index is 0.606. The first-order valence-corrected chi connectivity index (χ1v) is 9.27. The molecule has 1 aromatic heterocycles. The van der Waals surface area contributed by atoms with Gasteiger partial charge in [0, 0.05) is 24.3 Å². The van der Waals surface area contributed by atoms with Crippen LogP contribution in [0.3, 0.4) is 0 Å². The van der Waals surface area contributed by atoms with Crippen LogP contribution in [0.25, 0.3) is 0 Å². The zero-order valence-corrected chi connectivity index (χ0v) is 15.4. The van der Waals surface area contributed by atoms with E-state index in [1.54, 1.807) is 0 Å². The predicted octanol–water partition coefficient (Wildman–Crippen LogP) is 3.24. The molecule has 25 heavy (non-hydrogen) atoms. The molecule has 1 aliphatic rings. The molecular formula is C20H29N5. The molecule has 2 N–H and O–H groups in total. The molecule has 0 aliphatic carbocycles. The van der Waals surface area contributed by atoms with Gasteiger partial charge >= 0.3 is 0 Å². The van der Waals surface area contributed by atoms with Crippen molar-refractivity contribution in [3.05, 3.63) is 52.8 Å². The second-order valence-electron chi connectivity index (χ2n) is 6.87. The SMILES string of the molecule is Cc1nn(Cc2ccccc2)c(C)c1CN=C(N)N1CCCCCC1. The van der Waals surface area contributed by atoms with Gasteiger partial charge in [-0.2, -0.15) is 5.10 Å². The Balaban J connectivity index is 1.71. The fourth-order valence-corrected chi connectivity index (χ4v) is 3.43. The average Bonchev–Trinajstić information content (AvgIpc) is 2.82. The highest BCUT2D eigenvalue weighted by atomic mass is 15.3. The van der Waals surface area contributed by atoms with Gasteiger partial charge in [0.1, 0.15) is 0 Å². The Morgan fingerprint density at radius 2 is 1.76 bits per heavy atom. The molecule has 0 amide bonds. The summed E-state index contributed by atoms with van der Waals surface area (Å²) in [6.07, 6.45) is 5.02. The number of nitrogens with two attached hydrogens (primary N) is 1. The van der Waals surface area contributed by atoms with Gasteiger partial charge in [-0.3, -0.25) is 4.68 Å². The lowest BCUT2D eigenvalue weighted by Crippen LogP contribution is -2.38. The minimum atomic E-state index is 0.606. The number of rotatable bonds is 4. The van der Waals surface area contributed by atoms with Crippen molar-refractivity contribution in [2.75, 3.05) is 13.1 Å². The first kappa shape index (κ1) is 17.5. The Morgan fingerprint density at radius 3 is 2.44 bits per heavy atom. The van der Waals surface area contributed by atoms with E-state index in [4.69, 9.17) is 10.8 Å². The molecule has 1 aliphatic heterocycles. The zero-order valence-electron chi connectivity index (χ0n) is 15.4. The highest BCUT2D eigenvalue weighted by Crippen LogP contribution is 2.16. The molecule has 0 radical (unpaired) electrons. The van der Waals surface area contributed by atoms with Crippen LogP contribution in [0.15, 0.2) is 35.3 Å². The Kier molecular flexibility index (Phi) is 5.74. The van der Waals surface area contributed by atoms with E-state index in [1.807, 2.05) is 6.07 Å². The first-order chi connectivity index (χ1) is 12.1. The summed E-state index contributed by atoms with van der Waals surface area (Å²) in [5, 5.41) is 4.70. The number of hydrogen-bond donors (Lipinski definition) is 1. The van der Waals surface area contributed by atoms with Crippen LogP contribution >= 0.6 is 0 Å². The second kappa shape index (κ2) is 8.19. The van der Waals surface area contributed by atoms with Gasteiger partial charge in [-0.15, -0.1) is 0 Å². The maximum absolute atomic E-state index is 6.24. The van der Waals surface area contributed by atoms with Crippen molar-refractivity contribution in [3.63, 3.8) is 0 Å². The lowest BCUT2D eigenvalue weighted by atomic mass is 10.2. The molecule has 134 valence electrons. The van der Waals surface area contributed by atoms with Gasteiger partial charge < -0.3 is 10.6 Å². The number of aliphatic imine (C=N–C) groups is 1. The zero-order chi connectivity index (χ0) is 17.6. The molecule has 0 unspecified atom stereocenters. The maximum atomic E-state index is 6.24. The summed E-state index contributed by atoms with van der Waals surface area (Å²) in [4.78, 5) is 6.90. The van der Waals surface area contributed by atoms with Gasteiger partial charge in [-0.05, 0) is 32.3 Å². The number of hydrogen-bond acceptors (Lipinski definition) is 2. The Labute approximate surface area is 150 Å². The molecule has 0 spiro atoms. The van der Waals surface area contributed by atoms with Crippen molar-refractivity contribution in [2.24, 2.45) is 10.7 Å². The third-order valence-corrected chi connectivity index (χ3v) is 5.04. The molecule has 0 bridgehead atoms. The monoisotopic (exact) mass is 339 g/mol. The van der Waals surface area contributed by atoms with Crippen molar-refractivity contribution in [2.45, 2.75) is 52.6 Å². The van der Waals surface area contributed by atoms with Crippen LogP contribution in [0.4, 0.5) is 0 Å². The van der Waals surface area contributed by atoms with E-state index in [-0.39, 0.29) is 0 Å². The fraction of sp³-hybridized carbons (Fsp3) is 0.500. The normalized spacial score (nSPS) is 16.1. The predicted molar refractivity (Wildman–Crippen MR) is 103 cm³/mol. The summed E-state index contributed by atoms with van der Waals surface area (Å²) >= 11 is 0. The maximum Gasteiger partial charge on any atom is 0.191 e. The van der Waals surface area contributed by atoms with Crippen molar-refractivity contribution in [3.8, 4) is 0 Å². The van der Waals surface area contributed by atoms with Crippen LogP contribution in [0, 0.1) is 13.8 Å². The molecule has 5 nitrogen and oxygen atoms in total. The number of nitrogens with zero attached hydrogens (tertiary/aromatic N) is 4. The van der Waals surface area contributed by atoms with E-state index in [9.17, 15) is 0 Å². The third kappa shape index (κ3) is 4.41. The molecule has 1 saturated heterocycles. The Hall–Kier alpha value is -2.30. The van der Waals surface area contributed by atoms with E-state index >= 15 is 0 Å². The minimum Gasteiger partial charge on any atom is -0.370 e. The summed E-state index contributed by atoms with van der Waals surface area (Å²) in [6.45, 7) is 7.63. The fourth-order valence-electron chi connectivity index (χ4n) is 3.43. The molecule has 1 aromatic carbocycles. The van der Waals surface area contributed by atoms with Gasteiger partial charge in [0.05, 0.1) is 18.8 Å². The van der Waals surface area contributed by atoms with Crippen molar-refractivity contribution < 1.29 is 0 Å². The Bertz CT molecular complexity index is 709. The topological polar surface area (TPSA) is 59.4 Å². The summed E-state index contributed by atoms with van der Waals surface area (Å²) in [6, 6.07) is 10.4. The van der Waals surface area contributed by atoms with Gasteiger partial charge in [0.15, 0.2) is 5.96 Å². The molecule has 5 heteroatoms. The molecule has 1 fully saturated rings. The molecule has 2 aromatic rings. The van der Waals surface area contributed by atoms with Crippen molar-refractivity contribution in [1.82, 2.24) is 14.7 Å². The third-order valence-electron chi connectivity index (χ3n) is 5.04. The molecule has 3 rings (SSSR count). The summed E-state index contributed by atoms with van der Waals surface area (Å²) < 4.78 is 2.07. The van der Waals surface area contributed by atoms with Gasteiger partial charge in [0.2, 0.25) is 0 Å². The lowest BCUT2D eigenvalue weighted by Gasteiger charge is -2.21. The Morgan fingerprint density at radius 1 is 1.08 bits per heavy atom. The standard InChI is InChI=1S/C20H29N5/c1-16-19(14-22-20(21)24-12-8-3-4-9-13-24)17(2)25(23-16)15-18-10-6-5-7-11-18/h5-7,10-11H,3-4,8-9,12-15H2,1-2H3,(H2,21,22). The van der Waals surface area contributed by atoms with E-state index < -0.39 is 0 Å². The van der Waals surface area contributed by atoms with Crippen molar-refractivity contribution in [1.29, 1.82) is 0 Å². The van der Waals surface area contributed by atoms with Crippen LogP contribution in [0.5, 0.6) is 0 Å². The number of benzene rings is 1. The largest absolute Gasteiger partial charge is 0.370 e. The van der Waals surface area contributed by atoms with Crippen LogP contribution in [0.1, 0.15) is 48.2 Å². The number of aromatic nitrogens is 2. The summed E-state index contributed by atoms with van der Waals surface area (Å²) in [7, 11) is 0. The molecular weight excluding hydrogens is 310 g/mol.